The number of thiophene rings is 1. The fourth-order valence-electron chi connectivity index (χ4n) is 2.14. The van der Waals surface area contributed by atoms with Gasteiger partial charge in [-0.3, -0.25) is 0 Å². The minimum atomic E-state index is -0.842. The van der Waals surface area contributed by atoms with E-state index in [1.165, 1.54) is 17.0 Å². The van der Waals surface area contributed by atoms with Crippen molar-refractivity contribution in [2.45, 2.75) is 13.0 Å². The Hall–Kier alpha value is -1.85. The highest BCUT2D eigenvalue weighted by atomic mass is 32.1. The number of aromatic carboxylic acids is 1. The van der Waals surface area contributed by atoms with Crippen molar-refractivity contribution in [3.8, 4) is 0 Å². The molecule has 0 atom stereocenters. The van der Waals surface area contributed by atoms with E-state index in [1.54, 1.807) is 0 Å². The molecule has 0 aliphatic rings. The van der Waals surface area contributed by atoms with Gasteiger partial charge in [-0.25, -0.2) is 4.79 Å². The van der Waals surface area contributed by atoms with E-state index >= 15 is 0 Å². The van der Waals surface area contributed by atoms with Gasteiger partial charge in [-0.2, -0.15) is 0 Å². The van der Waals surface area contributed by atoms with E-state index in [1.807, 2.05) is 29.6 Å². The molecule has 5 heteroatoms. The van der Waals surface area contributed by atoms with Crippen molar-refractivity contribution in [1.29, 1.82) is 0 Å². The maximum atomic E-state index is 11.0. The summed E-state index contributed by atoms with van der Waals surface area (Å²) < 4.78 is 0. The minimum absolute atomic E-state index is 0.434. The molecule has 2 aromatic rings. The Morgan fingerprint density at radius 2 is 2.05 bits per heavy atom. The summed E-state index contributed by atoms with van der Waals surface area (Å²) in [6.07, 6.45) is 1.01. The molecule has 21 heavy (non-hydrogen) atoms. The number of anilines is 1. The van der Waals surface area contributed by atoms with Crippen LogP contribution in [0.4, 0.5) is 5.69 Å². The Labute approximate surface area is 129 Å². The summed E-state index contributed by atoms with van der Waals surface area (Å²) in [6, 6.07) is 12.1. The Morgan fingerprint density at radius 1 is 1.29 bits per heavy atom. The zero-order valence-corrected chi connectivity index (χ0v) is 12.9. The van der Waals surface area contributed by atoms with Crippen LogP contribution in [0.25, 0.3) is 0 Å². The summed E-state index contributed by atoms with van der Waals surface area (Å²) in [5.41, 5.74) is 2.08. The van der Waals surface area contributed by atoms with E-state index in [2.05, 4.69) is 29.4 Å². The first-order valence-electron chi connectivity index (χ1n) is 6.95. The molecule has 0 saturated carbocycles. The van der Waals surface area contributed by atoms with E-state index < -0.39 is 5.97 Å². The third-order valence-electron chi connectivity index (χ3n) is 3.30. The van der Waals surface area contributed by atoms with Crippen LogP contribution in [0.3, 0.4) is 0 Å². The highest BCUT2D eigenvalue weighted by molar-refractivity contribution is 7.12. The smallest absolute Gasteiger partial charge is 0.346 e. The molecule has 0 spiro atoms. The number of para-hydroxylation sites is 1. The number of nitrogens with zero attached hydrogens (tertiary/aromatic N) is 1. The first kappa shape index (κ1) is 15.5. The minimum Gasteiger partial charge on any atom is -0.477 e. The van der Waals surface area contributed by atoms with E-state index in [0.717, 1.165) is 25.1 Å². The molecule has 1 aromatic heterocycles. The van der Waals surface area contributed by atoms with Crippen LogP contribution in [0, 0.1) is 0 Å². The fraction of sp³-hybridized carbons (Fsp3) is 0.312. The molecule has 1 aromatic carbocycles. The third-order valence-corrected chi connectivity index (χ3v) is 4.25. The van der Waals surface area contributed by atoms with Crippen molar-refractivity contribution >= 4 is 23.0 Å². The van der Waals surface area contributed by atoms with Gasteiger partial charge >= 0.3 is 5.97 Å². The first-order chi connectivity index (χ1) is 10.2. The van der Waals surface area contributed by atoms with E-state index in [0.29, 0.717) is 11.4 Å². The molecule has 112 valence electrons. The average Bonchev–Trinajstić information content (AvgIpc) is 2.96. The van der Waals surface area contributed by atoms with E-state index in [9.17, 15) is 4.79 Å². The number of rotatable bonds is 8. The predicted octanol–water partition coefficient (Wildman–Crippen LogP) is 3.06. The average molecular weight is 304 g/mol. The van der Waals surface area contributed by atoms with Crippen molar-refractivity contribution in [3.63, 3.8) is 0 Å². The van der Waals surface area contributed by atoms with Gasteiger partial charge in [-0.15, -0.1) is 11.3 Å². The second-order valence-corrected chi connectivity index (χ2v) is 5.78. The number of hydrogen-bond acceptors (Lipinski definition) is 4. The van der Waals surface area contributed by atoms with Gasteiger partial charge in [0.25, 0.3) is 0 Å². The molecule has 0 aliphatic heterocycles. The maximum absolute atomic E-state index is 11.0. The largest absolute Gasteiger partial charge is 0.477 e. The lowest BCUT2D eigenvalue weighted by molar-refractivity contribution is 0.0701. The standard InChI is InChI=1S/C16H20N2O2S/c1-18(14-6-3-2-4-7-14)10-5-9-17-12-13-8-11-21-15(13)16(19)20/h2-4,6-8,11,17H,5,9-10,12H2,1H3,(H,19,20). The van der Waals surface area contributed by atoms with Gasteiger partial charge in [-0.1, -0.05) is 18.2 Å². The SMILES string of the molecule is CN(CCCNCc1ccsc1C(=O)O)c1ccccc1. The number of carboxylic acid groups (broad SMARTS) is 1. The molecule has 0 fully saturated rings. The Bertz CT molecular complexity index is 569. The molecule has 1 heterocycles. The van der Waals surface area contributed by atoms with Gasteiger partial charge in [-0.05, 0) is 42.1 Å². The Balaban J connectivity index is 1.68. The number of benzene rings is 1. The molecule has 2 rings (SSSR count). The Morgan fingerprint density at radius 3 is 2.76 bits per heavy atom. The summed E-state index contributed by atoms with van der Waals surface area (Å²) in [5.74, 6) is -0.842. The predicted molar refractivity (Wildman–Crippen MR) is 87.3 cm³/mol. The molecule has 0 aliphatic carbocycles. The van der Waals surface area contributed by atoms with Crippen LogP contribution in [0.15, 0.2) is 41.8 Å². The van der Waals surface area contributed by atoms with E-state index in [4.69, 9.17) is 5.11 Å². The normalized spacial score (nSPS) is 10.5. The highest BCUT2D eigenvalue weighted by Gasteiger charge is 2.10. The summed E-state index contributed by atoms with van der Waals surface area (Å²) in [5, 5.41) is 14.2. The number of nitrogens with one attached hydrogen (secondary N) is 1. The summed E-state index contributed by atoms with van der Waals surface area (Å²) in [6.45, 7) is 2.44. The van der Waals surface area contributed by atoms with Gasteiger partial charge in [0.05, 0.1) is 0 Å². The van der Waals surface area contributed by atoms with Crippen molar-refractivity contribution in [3.05, 3.63) is 52.2 Å². The molecular formula is C16H20N2O2S. The topological polar surface area (TPSA) is 52.6 Å². The molecule has 0 unspecified atom stereocenters. The van der Waals surface area contributed by atoms with Crippen LogP contribution < -0.4 is 10.2 Å². The highest BCUT2D eigenvalue weighted by Crippen LogP contribution is 2.16. The quantitative estimate of drug-likeness (QED) is 0.736. The van der Waals surface area contributed by atoms with Crippen LogP contribution in [-0.2, 0) is 6.54 Å². The zero-order chi connectivity index (χ0) is 15.1. The van der Waals surface area contributed by atoms with Crippen LogP contribution >= 0.6 is 11.3 Å². The van der Waals surface area contributed by atoms with E-state index in [-0.39, 0.29) is 0 Å². The molecular weight excluding hydrogens is 284 g/mol. The lowest BCUT2D eigenvalue weighted by Gasteiger charge is -2.19. The summed E-state index contributed by atoms with van der Waals surface area (Å²) in [7, 11) is 2.08. The summed E-state index contributed by atoms with van der Waals surface area (Å²) >= 11 is 1.28. The van der Waals surface area contributed by atoms with Crippen molar-refractivity contribution < 1.29 is 9.90 Å². The van der Waals surface area contributed by atoms with Crippen LogP contribution in [0.1, 0.15) is 21.7 Å². The van der Waals surface area contributed by atoms with Gasteiger partial charge in [0.2, 0.25) is 0 Å². The van der Waals surface area contributed by atoms with Crippen molar-refractivity contribution in [2.24, 2.45) is 0 Å². The lowest BCUT2D eigenvalue weighted by Crippen LogP contribution is -2.23. The number of carboxylic acids is 1. The first-order valence-corrected chi connectivity index (χ1v) is 7.83. The lowest BCUT2D eigenvalue weighted by atomic mass is 10.2. The summed E-state index contributed by atoms with van der Waals surface area (Å²) in [4.78, 5) is 13.6. The second kappa shape index (κ2) is 7.81. The van der Waals surface area contributed by atoms with Crippen LogP contribution in [0.2, 0.25) is 0 Å². The molecule has 0 saturated heterocycles. The van der Waals surface area contributed by atoms with Gasteiger partial charge in [0, 0.05) is 25.8 Å². The van der Waals surface area contributed by atoms with Crippen molar-refractivity contribution in [1.82, 2.24) is 5.32 Å². The monoisotopic (exact) mass is 304 g/mol. The van der Waals surface area contributed by atoms with Crippen LogP contribution in [-0.4, -0.2) is 31.2 Å². The maximum Gasteiger partial charge on any atom is 0.346 e. The Kier molecular flexibility index (Phi) is 5.78. The molecule has 0 bridgehead atoms. The van der Waals surface area contributed by atoms with Gasteiger partial charge < -0.3 is 15.3 Å². The van der Waals surface area contributed by atoms with Crippen LogP contribution in [0.5, 0.6) is 0 Å². The number of hydrogen-bond donors (Lipinski definition) is 2. The molecule has 4 nitrogen and oxygen atoms in total. The number of carbonyl (C=O) groups is 1. The zero-order valence-electron chi connectivity index (χ0n) is 12.1. The molecule has 0 radical (unpaired) electrons. The van der Waals surface area contributed by atoms with Gasteiger partial charge in [0.15, 0.2) is 0 Å². The van der Waals surface area contributed by atoms with Gasteiger partial charge in [0.1, 0.15) is 4.88 Å². The molecule has 2 N–H and O–H groups in total. The third kappa shape index (κ3) is 4.58. The fourth-order valence-corrected chi connectivity index (χ4v) is 2.90. The van der Waals surface area contributed by atoms with Crippen molar-refractivity contribution in [2.75, 3.05) is 25.0 Å². The molecule has 0 amide bonds. The second-order valence-electron chi connectivity index (χ2n) is 4.87.